The zero-order valence-corrected chi connectivity index (χ0v) is 12.9. The fourth-order valence-corrected chi connectivity index (χ4v) is 2.28. The van der Waals surface area contributed by atoms with Crippen molar-refractivity contribution in [2.45, 2.75) is 40.8 Å². The van der Waals surface area contributed by atoms with E-state index in [-0.39, 0.29) is 11.2 Å². The van der Waals surface area contributed by atoms with Crippen LogP contribution < -0.4 is 5.32 Å². The summed E-state index contributed by atoms with van der Waals surface area (Å²) in [6, 6.07) is 5.40. The van der Waals surface area contributed by atoms with Gasteiger partial charge in [-0.15, -0.1) is 0 Å². The van der Waals surface area contributed by atoms with Crippen LogP contribution in [0, 0.1) is 11.2 Å². The van der Waals surface area contributed by atoms with Gasteiger partial charge in [0.1, 0.15) is 5.82 Å². The molecule has 0 spiro atoms. The zero-order valence-electron chi connectivity index (χ0n) is 12.9. The number of hydrogen-bond acceptors (Lipinski definition) is 2. The highest BCUT2D eigenvalue weighted by molar-refractivity contribution is 5.25. The molecule has 0 fully saturated rings. The molecule has 0 bridgehead atoms. The minimum Gasteiger partial charge on any atom is -0.313 e. The molecule has 0 radical (unpaired) electrons. The topological polar surface area (TPSA) is 15.3 Å². The average molecular weight is 266 g/mol. The van der Waals surface area contributed by atoms with E-state index in [9.17, 15) is 4.39 Å². The number of hydrogen-bond donors (Lipinski definition) is 1. The van der Waals surface area contributed by atoms with Crippen LogP contribution in [-0.2, 0) is 13.1 Å². The maximum absolute atomic E-state index is 13.8. The summed E-state index contributed by atoms with van der Waals surface area (Å²) in [6.07, 6.45) is 0. The summed E-state index contributed by atoms with van der Waals surface area (Å²) in [4.78, 5) is 2.18. The summed E-state index contributed by atoms with van der Waals surface area (Å²) in [5.74, 6) is -0.110. The lowest BCUT2D eigenvalue weighted by Crippen LogP contribution is -2.29. The van der Waals surface area contributed by atoms with Crippen LogP contribution in [0.1, 0.15) is 38.8 Å². The number of benzene rings is 1. The van der Waals surface area contributed by atoms with Crippen LogP contribution >= 0.6 is 0 Å². The van der Waals surface area contributed by atoms with Crippen LogP contribution in [-0.4, -0.2) is 25.0 Å². The second-order valence-electron chi connectivity index (χ2n) is 6.44. The molecular weight excluding hydrogens is 239 g/mol. The average Bonchev–Trinajstić information content (AvgIpc) is 2.27. The van der Waals surface area contributed by atoms with Crippen molar-refractivity contribution in [2.24, 2.45) is 5.41 Å². The largest absolute Gasteiger partial charge is 0.313 e. The van der Waals surface area contributed by atoms with Crippen LogP contribution in [0.25, 0.3) is 0 Å². The Morgan fingerprint density at radius 1 is 1.26 bits per heavy atom. The molecule has 0 unspecified atom stereocenters. The van der Waals surface area contributed by atoms with E-state index < -0.39 is 0 Å². The minimum atomic E-state index is -0.110. The standard InChI is InChI=1S/C16H27FN2/c1-6-18-10-13-7-8-15(17)14(9-13)11-19(5)12-16(2,3)4/h7-9,18H,6,10-12H2,1-5H3. The number of nitrogens with one attached hydrogen (secondary N) is 1. The van der Waals surface area contributed by atoms with Crippen molar-refractivity contribution in [3.8, 4) is 0 Å². The quantitative estimate of drug-likeness (QED) is 0.849. The van der Waals surface area contributed by atoms with Gasteiger partial charge in [-0.3, -0.25) is 0 Å². The lowest BCUT2D eigenvalue weighted by Gasteiger charge is -2.26. The predicted molar refractivity (Wildman–Crippen MR) is 79.6 cm³/mol. The van der Waals surface area contributed by atoms with Gasteiger partial charge in [-0.1, -0.05) is 39.8 Å². The first-order valence-electron chi connectivity index (χ1n) is 6.98. The van der Waals surface area contributed by atoms with Crippen molar-refractivity contribution < 1.29 is 4.39 Å². The first-order valence-corrected chi connectivity index (χ1v) is 6.98. The van der Waals surface area contributed by atoms with Crippen molar-refractivity contribution in [2.75, 3.05) is 20.1 Å². The fourth-order valence-electron chi connectivity index (χ4n) is 2.28. The molecule has 19 heavy (non-hydrogen) atoms. The van der Waals surface area contributed by atoms with E-state index in [0.717, 1.165) is 30.8 Å². The molecule has 0 saturated carbocycles. The molecule has 108 valence electrons. The van der Waals surface area contributed by atoms with E-state index in [0.29, 0.717) is 6.54 Å². The molecule has 1 aromatic rings. The van der Waals surface area contributed by atoms with E-state index in [2.05, 4.69) is 37.9 Å². The van der Waals surface area contributed by atoms with E-state index in [4.69, 9.17) is 0 Å². The monoisotopic (exact) mass is 266 g/mol. The van der Waals surface area contributed by atoms with E-state index in [1.807, 2.05) is 19.2 Å². The first-order chi connectivity index (χ1) is 8.81. The van der Waals surface area contributed by atoms with Crippen molar-refractivity contribution in [3.05, 3.63) is 35.1 Å². The van der Waals surface area contributed by atoms with Gasteiger partial charge < -0.3 is 10.2 Å². The van der Waals surface area contributed by atoms with Gasteiger partial charge in [0.25, 0.3) is 0 Å². The fraction of sp³-hybridized carbons (Fsp3) is 0.625. The third-order valence-corrected chi connectivity index (χ3v) is 2.87. The Morgan fingerprint density at radius 3 is 2.53 bits per heavy atom. The Morgan fingerprint density at radius 2 is 1.95 bits per heavy atom. The van der Waals surface area contributed by atoms with Gasteiger partial charge >= 0.3 is 0 Å². The molecule has 0 aliphatic carbocycles. The van der Waals surface area contributed by atoms with E-state index in [1.54, 1.807) is 6.07 Å². The number of rotatable bonds is 6. The molecule has 0 saturated heterocycles. The second kappa shape index (κ2) is 7.01. The lowest BCUT2D eigenvalue weighted by atomic mass is 9.96. The minimum absolute atomic E-state index is 0.110. The molecule has 1 N–H and O–H groups in total. The lowest BCUT2D eigenvalue weighted by molar-refractivity contribution is 0.218. The third kappa shape index (κ3) is 6.17. The highest BCUT2D eigenvalue weighted by Crippen LogP contribution is 2.18. The Hall–Kier alpha value is -0.930. The van der Waals surface area contributed by atoms with Gasteiger partial charge in [0.05, 0.1) is 0 Å². The Balaban J connectivity index is 2.70. The highest BCUT2D eigenvalue weighted by Gasteiger charge is 2.15. The summed E-state index contributed by atoms with van der Waals surface area (Å²) in [6.45, 7) is 12.0. The van der Waals surface area contributed by atoms with Gasteiger partial charge in [0, 0.05) is 25.2 Å². The van der Waals surface area contributed by atoms with Crippen molar-refractivity contribution in [1.82, 2.24) is 10.2 Å². The summed E-state index contributed by atoms with van der Waals surface area (Å²) in [5, 5.41) is 3.27. The van der Waals surface area contributed by atoms with Crippen LogP contribution in [0.2, 0.25) is 0 Å². The molecule has 3 heteroatoms. The molecule has 1 rings (SSSR count). The van der Waals surface area contributed by atoms with Gasteiger partial charge in [-0.25, -0.2) is 4.39 Å². The summed E-state index contributed by atoms with van der Waals surface area (Å²) < 4.78 is 13.8. The summed E-state index contributed by atoms with van der Waals surface area (Å²) in [7, 11) is 2.04. The maximum atomic E-state index is 13.8. The van der Waals surface area contributed by atoms with Crippen LogP contribution in [0.3, 0.4) is 0 Å². The van der Waals surface area contributed by atoms with E-state index >= 15 is 0 Å². The molecule has 0 heterocycles. The van der Waals surface area contributed by atoms with Gasteiger partial charge in [0.2, 0.25) is 0 Å². The molecule has 1 aromatic carbocycles. The van der Waals surface area contributed by atoms with Crippen molar-refractivity contribution >= 4 is 0 Å². The van der Waals surface area contributed by atoms with Gasteiger partial charge in [-0.2, -0.15) is 0 Å². The molecule has 0 aliphatic rings. The first kappa shape index (κ1) is 16.1. The van der Waals surface area contributed by atoms with Crippen LogP contribution in [0.5, 0.6) is 0 Å². The number of nitrogens with zero attached hydrogens (tertiary/aromatic N) is 1. The highest BCUT2D eigenvalue weighted by atomic mass is 19.1. The Labute approximate surface area is 117 Å². The molecule has 0 aliphatic heterocycles. The third-order valence-electron chi connectivity index (χ3n) is 2.87. The molecule has 2 nitrogen and oxygen atoms in total. The van der Waals surface area contributed by atoms with Crippen LogP contribution in [0.15, 0.2) is 18.2 Å². The Kier molecular flexibility index (Phi) is 5.95. The smallest absolute Gasteiger partial charge is 0.127 e. The second-order valence-corrected chi connectivity index (χ2v) is 6.44. The molecule has 0 amide bonds. The number of halogens is 1. The SMILES string of the molecule is CCNCc1ccc(F)c(CN(C)CC(C)(C)C)c1. The normalized spacial score (nSPS) is 12.2. The van der Waals surface area contributed by atoms with Crippen LogP contribution in [0.4, 0.5) is 4.39 Å². The Bertz CT molecular complexity index is 396. The van der Waals surface area contributed by atoms with Gasteiger partial charge in [0.15, 0.2) is 0 Å². The van der Waals surface area contributed by atoms with Gasteiger partial charge in [-0.05, 0) is 30.6 Å². The molecule has 0 aromatic heterocycles. The van der Waals surface area contributed by atoms with Crippen molar-refractivity contribution in [1.29, 1.82) is 0 Å². The molecule has 0 atom stereocenters. The van der Waals surface area contributed by atoms with E-state index in [1.165, 1.54) is 0 Å². The predicted octanol–water partition coefficient (Wildman–Crippen LogP) is 3.41. The summed E-state index contributed by atoms with van der Waals surface area (Å²) >= 11 is 0. The zero-order chi connectivity index (χ0) is 14.5. The summed E-state index contributed by atoms with van der Waals surface area (Å²) in [5.41, 5.74) is 2.15. The van der Waals surface area contributed by atoms with Crippen molar-refractivity contribution in [3.63, 3.8) is 0 Å². The maximum Gasteiger partial charge on any atom is 0.127 e. The molecular formula is C16H27FN2.